The van der Waals surface area contributed by atoms with Crippen LogP contribution in [-0.2, 0) is 0 Å². The largest absolute Gasteiger partial charge is 0.404 e. The highest BCUT2D eigenvalue weighted by Gasteiger charge is 2.22. The van der Waals surface area contributed by atoms with Gasteiger partial charge in [-0.15, -0.1) is 0 Å². The van der Waals surface area contributed by atoms with E-state index >= 15 is 0 Å². The number of nitrogens with two attached hydrogens (primary N) is 3. The van der Waals surface area contributed by atoms with E-state index in [1.54, 1.807) is 6.20 Å². The molecule has 1 aromatic carbocycles. The van der Waals surface area contributed by atoms with Crippen molar-refractivity contribution in [3.63, 3.8) is 0 Å². The molecule has 1 aliphatic carbocycles. The quantitative estimate of drug-likeness (QED) is 0.160. The second-order valence-corrected chi connectivity index (χ2v) is 9.08. The number of aryl methyl sites for hydroxylation is 1. The summed E-state index contributed by atoms with van der Waals surface area (Å²) in [6.07, 6.45) is 14.9. The molecule has 0 fully saturated rings. The van der Waals surface area contributed by atoms with Gasteiger partial charge in [0.05, 0.1) is 0 Å². The molecule has 5 heteroatoms. The normalized spacial score (nSPS) is 13.8. The minimum absolute atomic E-state index is 0.220. The minimum Gasteiger partial charge on any atom is -0.404 e. The van der Waals surface area contributed by atoms with Crippen LogP contribution in [0.25, 0.3) is 5.57 Å². The topological polar surface area (TPSA) is 114 Å². The number of nitrogens with zero attached hydrogens (tertiary/aromatic N) is 1. The standard InChI is InChI=1S/C25H36N4.C3H8.C2H7N.C2H6/c1-5-6-9-20(19(14-26)16-29-17(2)3)21-10-7-8-11-22(21)25-18(4)12-13-24(28)23(25)15-27;1-3-2;1-2-3;1-2/h9,12-17,27H,5-8,10-11,26,28H2,1-4H3;3H2,1-2H3;2-3H2,1H3;1-2H3/b19-14+,20-9+,27-15?,29-16?;;;. The van der Waals surface area contributed by atoms with Crippen LogP contribution in [0.2, 0.25) is 0 Å². The van der Waals surface area contributed by atoms with E-state index < -0.39 is 0 Å². The molecule has 0 saturated heterocycles. The Morgan fingerprint density at radius 2 is 1.65 bits per heavy atom. The van der Waals surface area contributed by atoms with Crippen molar-refractivity contribution in [1.29, 1.82) is 5.41 Å². The molecule has 37 heavy (non-hydrogen) atoms. The second kappa shape index (κ2) is 22.5. The number of nitrogens with one attached hydrogen (secondary N) is 1. The fourth-order valence-corrected chi connectivity index (χ4v) is 3.91. The predicted octanol–water partition coefficient (Wildman–Crippen LogP) is 8.36. The summed E-state index contributed by atoms with van der Waals surface area (Å²) in [4.78, 5) is 4.59. The van der Waals surface area contributed by atoms with Crippen LogP contribution in [0.1, 0.15) is 117 Å². The van der Waals surface area contributed by atoms with E-state index in [9.17, 15) is 0 Å². The number of benzene rings is 1. The van der Waals surface area contributed by atoms with Gasteiger partial charge < -0.3 is 22.6 Å². The first-order valence-corrected chi connectivity index (χ1v) is 14.2. The monoisotopic (exact) mass is 511 g/mol. The van der Waals surface area contributed by atoms with Gasteiger partial charge in [-0.05, 0) is 93.3 Å². The first-order chi connectivity index (χ1) is 17.8. The fraction of sp³-hybridized carbons (Fsp3) is 0.562. The highest BCUT2D eigenvalue weighted by atomic mass is 14.7. The van der Waals surface area contributed by atoms with Crippen molar-refractivity contribution in [3.8, 4) is 0 Å². The van der Waals surface area contributed by atoms with Crippen molar-refractivity contribution in [2.45, 2.75) is 113 Å². The molecule has 0 saturated carbocycles. The third-order valence-electron chi connectivity index (χ3n) is 5.37. The highest BCUT2D eigenvalue weighted by molar-refractivity contribution is 5.96. The molecule has 1 aliphatic rings. The SMILES string of the molecule is CC.CCC.CCC/C=C(C1=C(c2c(C)ccc(N)c2C=N)CCCC1)\C(C=NC(C)C)=C\N.CCN. The first kappa shape index (κ1) is 36.5. The fourth-order valence-electron chi connectivity index (χ4n) is 3.91. The number of anilines is 1. The van der Waals surface area contributed by atoms with Crippen molar-refractivity contribution < 1.29 is 0 Å². The summed E-state index contributed by atoms with van der Waals surface area (Å²) in [5.41, 5.74) is 25.7. The van der Waals surface area contributed by atoms with E-state index in [0.717, 1.165) is 67.3 Å². The highest BCUT2D eigenvalue weighted by Crippen LogP contribution is 2.41. The zero-order chi connectivity index (χ0) is 28.8. The molecule has 7 N–H and O–H groups in total. The van der Waals surface area contributed by atoms with Crippen LogP contribution in [0.3, 0.4) is 0 Å². The number of allylic oxidation sites excluding steroid dienone is 5. The Kier molecular flexibility index (Phi) is 22.2. The zero-order valence-electron chi connectivity index (χ0n) is 25.4. The lowest BCUT2D eigenvalue weighted by atomic mass is 9.79. The van der Waals surface area contributed by atoms with Crippen LogP contribution >= 0.6 is 0 Å². The molecule has 0 aliphatic heterocycles. The molecule has 0 unspecified atom stereocenters. The third kappa shape index (κ3) is 12.9. The Morgan fingerprint density at radius 3 is 2.14 bits per heavy atom. The third-order valence-corrected chi connectivity index (χ3v) is 5.37. The molecular formula is C32H57N5. The average Bonchev–Trinajstić information content (AvgIpc) is 2.89. The molecule has 1 aromatic rings. The molecule has 0 aromatic heterocycles. The van der Waals surface area contributed by atoms with E-state index in [2.05, 4.69) is 58.7 Å². The van der Waals surface area contributed by atoms with Gasteiger partial charge in [-0.3, -0.25) is 4.99 Å². The number of rotatable bonds is 8. The summed E-state index contributed by atoms with van der Waals surface area (Å²) in [7, 11) is 0. The van der Waals surface area contributed by atoms with E-state index in [4.69, 9.17) is 22.6 Å². The van der Waals surface area contributed by atoms with Crippen LogP contribution < -0.4 is 17.2 Å². The van der Waals surface area contributed by atoms with Gasteiger partial charge in [0.1, 0.15) is 0 Å². The summed E-state index contributed by atoms with van der Waals surface area (Å²) in [6, 6.07) is 4.18. The van der Waals surface area contributed by atoms with Crippen LogP contribution in [0.15, 0.2) is 46.1 Å². The van der Waals surface area contributed by atoms with E-state index in [1.165, 1.54) is 29.4 Å². The van der Waals surface area contributed by atoms with Crippen molar-refractivity contribution in [3.05, 3.63) is 57.8 Å². The Labute approximate surface area is 228 Å². The van der Waals surface area contributed by atoms with Gasteiger partial charge in [0.15, 0.2) is 0 Å². The molecule has 5 nitrogen and oxygen atoms in total. The van der Waals surface area contributed by atoms with Gasteiger partial charge in [0.25, 0.3) is 0 Å². The van der Waals surface area contributed by atoms with Gasteiger partial charge in [-0.25, -0.2) is 0 Å². The molecule has 2 rings (SSSR count). The maximum atomic E-state index is 7.96. The van der Waals surface area contributed by atoms with Crippen LogP contribution in [0.5, 0.6) is 0 Å². The Morgan fingerprint density at radius 1 is 1.08 bits per heavy atom. The van der Waals surface area contributed by atoms with Crippen LogP contribution in [0, 0.1) is 12.3 Å². The molecule has 0 bridgehead atoms. The molecule has 0 radical (unpaired) electrons. The number of hydrogen-bond donors (Lipinski definition) is 4. The molecule has 0 atom stereocenters. The van der Waals surface area contributed by atoms with Crippen molar-refractivity contribution in [2.24, 2.45) is 16.5 Å². The Bertz CT molecular complexity index is 887. The van der Waals surface area contributed by atoms with Crippen molar-refractivity contribution in [2.75, 3.05) is 12.3 Å². The summed E-state index contributed by atoms with van der Waals surface area (Å²) >= 11 is 0. The summed E-state index contributed by atoms with van der Waals surface area (Å²) < 4.78 is 0. The van der Waals surface area contributed by atoms with Crippen molar-refractivity contribution >= 4 is 23.7 Å². The Balaban J connectivity index is 0. The lowest BCUT2D eigenvalue weighted by Crippen LogP contribution is -2.10. The van der Waals surface area contributed by atoms with Gasteiger partial charge in [0.2, 0.25) is 0 Å². The molecule has 0 spiro atoms. The lowest BCUT2D eigenvalue weighted by molar-refractivity contribution is 0.718. The molecule has 0 amide bonds. The number of aliphatic imine (C=N–C) groups is 1. The number of hydrogen-bond acceptors (Lipinski definition) is 5. The van der Waals surface area contributed by atoms with E-state index in [1.807, 2.05) is 33.1 Å². The molecular weight excluding hydrogens is 454 g/mol. The summed E-state index contributed by atoms with van der Waals surface area (Å²) in [5, 5.41) is 7.96. The summed E-state index contributed by atoms with van der Waals surface area (Å²) in [6.45, 7) is 19.3. The maximum Gasteiger partial charge on any atom is 0.0443 e. The van der Waals surface area contributed by atoms with E-state index in [0.29, 0.717) is 5.69 Å². The van der Waals surface area contributed by atoms with Crippen LogP contribution in [0.4, 0.5) is 5.69 Å². The number of nitrogen functional groups attached to an aromatic ring is 1. The summed E-state index contributed by atoms with van der Waals surface area (Å²) in [5.74, 6) is 0. The Hall–Kier alpha value is -2.66. The van der Waals surface area contributed by atoms with E-state index in [-0.39, 0.29) is 6.04 Å². The number of unbranched alkanes of at least 4 members (excludes halogenated alkanes) is 1. The smallest absolute Gasteiger partial charge is 0.0443 e. The van der Waals surface area contributed by atoms with Gasteiger partial charge in [-0.2, -0.15) is 0 Å². The maximum absolute atomic E-state index is 7.96. The average molecular weight is 512 g/mol. The zero-order valence-corrected chi connectivity index (χ0v) is 25.4. The first-order valence-electron chi connectivity index (χ1n) is 14.2. The van der Waals surface area contributed by atoms with Gasteiger partial charge in [0, 0.05) is 41.5 Å². The molecule has 210 valence electrons. The molecule has 0 heterocycles. The minimum atomic E-state index is 0.220. The predicted molar refractivity (Wildman–Crippen MR) is 170 cm³/mol. The van der Waals surface area contributed by atoms with Crippen LogP contribution in [-0.4, -0.2) is 25.0 Å². The lowest BCUT2D eigenvalue weighted by Gasteiger charge is -2.26. The van der Waals surface area contributed by atoms with Gasteiger partial charge >= 0.3 is 0 Å². The second-order valence-electron chi connectivity index (χ2n) is 9.08. The van der Waals surface area contributed by atoms with Gasteiger partial charge in [-0.1, -0.05) is 66.5 Å². The van der Waals surface area contributed by atoms with Crippen molar-refractivity contribution in [1.82, 2.24) is 0 Å².